The molecule has 2 rings (SSSR count). The molecule has 3 heteroatoms. The van der Waals surface area contributed by atoms with E-state index in [-0.39, 0.29) is 0 Å². The Morgan fingerprint density at radius 1 is 1.60 bits per heavy atom. The zero-order valence-electron chi connectivity index (χ0n) is 5.62. The average Bonchev–Trinajstić information content (AvgIpc) is 2.29. The Kier molecular flexibility index (Phi) is 1.59. The first-order valence-electron chi connectivity index (χ1n) is 3.51. The van der Waals surface area contributed by atoms with E-state index in [1.54, 1.807) is 17.5 Å². The Morgan fingerprint density at radius 3 is 3.00 bits per heavy atom. The highest BCUT2D eigenvalue weighted by molar-refractivity contribution is 7.11. The summed E-state index contributed by atoms with van der Waals surface area (Å²) in [5, 5.41) is 2.76. The van der Waals surface area contributed by atoms with Crippen LogP contribution in [0, 0.1) is 0 Å². The predicted molar refractivity (Wildman–Crippen MR) is 40.4 cm³/mol. The SMILES string of the molecule is c1csc(OC2CCC2)n1. The highest BCUT2D eigenvalue weighted by Crippen LogP contribution is 2.25. The smallest absolute Gasteiger partial charge is 0.273 e. The highest BCUT2D eigenvalue weighted by atomic mass is 32.1. The van der Waals surface area contributed by atoms with Gasteiger partial charge in [0.15, 0.2) is 0 Å². The van der Waals surface area contributed by atoms with Gasteiger partial charge in [-0.25, -0.2) is 4.98 Å². The average molecular weight is 155 g/mol. The van der Waals surface area contributed by atoms with E-state index >= 15 is 0 Å². The summed E-state index contributed by atoms with van der Waals surface area (Å²) >= 11 is 1.57. The van der Waals surface area contributed by atoms with Crippen molar-refractivity contribution in [3.8, 4) is 5.19 Å². The van der Waals surface area contributed by atoms with Gasteiger partial charge in [0.05, 0.1) is 0 Å². The van der Waals surface area contributed by atoms with Crippen molar-refractivity contribution in [3.63, 3.8) is 0 Å². The minimum Gasteiger partial charge on any atom is -0.467 e. The van der Waals surface area contributed by atoms with Gasteiger partial charge in [0.2, 0.25) is 0 Å². The summed E-state index contributed by atoms with van der Waals surface area (Å²) in [5.41, 5.74) is 0. The van der Waals surface area contributed by atoms with E-state index in [0.29, 0.717) is 6.10 Å². The van der Waals surface area contributed by atoms with Gasteiger partial charge in [-0.3, -0.25) is 0 Å². The molecule has 1 aliphatic rings. The summed E-state index contributed by atoms with van der Waals surface area (Å²) in [6.07, 6.45) is 5.97. The Labute approximate surface area is 63.9 Å². The van der Waals surface area contributed by atoms with Gasteiger partial charge in [0, 0.05) is 11.6 Å². The lowest BCUT2D eigenvalue weighted by Gasteiger charge is -2.24. The maximum absolute atomic E-state index is 5.50. The number of ether oxygens (including phenoxy) is 1. The molecule has 1 aliphatic carbocycles. The van der Waals surface area contributed by atoms with Gasteiger partial charge in [-0.05, 0) is 19.3 Å². The monoisotopic (exact) mass is 155 g/mol. The molecule has 0 saturated heterocycles. The number of hydrogen-bond donors (Lipinski definition) is 0. The molecule has 0 bridgehead atoms. The molecule has 1 heterocycles. The maximum atomic E-state index is 5.50. The quantitative estimate of drug-likeness (QED) is 0.652. The normalized spacial score (nSPS) is 18.4. The third kappa shape index (κ3) is 1.14. The summed E-state index contributed by atoms with van der Waals surface area (Å²) < 4.78 is 5.50. The van der Waals surface area contributed by atoms with E-state index in [1.165, 1.54) is 19.3 Å². The molecule has 10 heavy (non-hydrogen) atoms. The van der Waals surface area contributed by atoms with E-state index in [4.69, 9.17) is 4.74 Å². The predicted octanol–water partition coefficient (Wildman–Crippen LogP) is 2.07. The second-order valence-corrected chi connectivity index (χ2v) is 3.33. The van der Waals surface area contributed by atoms with Crippen molar-refractivity contribution in [1.82, 2.24) is 4.98 Å². The number of rotatable bonds is 2. The minimum absolute atomic E-state index is 0.464. The van der Waals surface area contributed by atoms with Crippen LogP contribution in [0.4, 0.5) is 0 Å². The van der Waals surface area contributed by atoms with Gasteiger partial charge in [-0.1, -0.05) is 11.3 Å². The van der Waals surface area contributed by atoms with Crippen LogP contribution in [0.15, 0.2) is 11.6 Å². The van der Waals surface area contributed by atoms with Gasteiger partial charge in [0.1, 0.15) is 6.10 Å². The van der Waals surface area contributed by atoms with Crippen molar-refractivity contribution in [2.24, 2.45) is 0 Å². The van der Waals surface area contributed by atoms with Crippen LogP contribution in [0.25, 0.3) is 0 Å². The van der Waals surface area contributed by atoms with Crippen LogP contribution >= 0.6 is 11.3 Å². The van der Waals surface area contributed by atoms with Crippen molar-refractivity contribution in [2.45, 2.75) is 25.4 Å². The van der Waals surface area contributed by atoms with E-state index in [2.05, 4.69) is 4.98 Å². The molecule has 1 saturated carbocycles. The lowest BCUT2D eigenvalue weighted by molar-refractivity contribution is 0.120. The zero-order chi connectivity index (χ0) is 6.81. The standard InChI is InChI=1S/C7H9NOS/c1-2-6(3-1)9-7-8-4-5-10-7/h4-6H,1-3H2. The van der Waals surface area contributed by atoms with Crippen LogP contribution in [0.3, 0.4) is 0 Å². The Morgan fingerprint density at radius 2 is 2.50 bits per heavy atom. The van der Waals surface area contributed by atoms with Crippen LogP contribution in [-0.4, -0.2) is 11.1 Å². The van der Waals surface area contributed by atoms with Crippen LogP contribution in [0.5, 0.6) is 5.19 Å². The molecule has 0 aromatic carbocycles. The van der Waals surface area contributed by atoms with Crippen molar-refractivity contribution >= 4 is 11.3 Å². The second-order valence-electron chi connectivity index (χ2n) is 2.47. The first-order chi connectivity index (χ1) is 4.95. The molecule has 1 aromatic heterocycles. The highest BCUT2D eigenvalue weighted by Gasteiger charge is 2.19. The molecule has 0 atom stereocenters. The number of hydrogen-bond acceptors (Lipinski definition) is 3. The molecule has 0 aliphatic heterocycles. The summed E-state index contributed by atoms with van der Waals surface area (Å²) in [6, 6.07) is 0. The van der Waals surface area contributed by atoms with Gasteiger partial charge >= 0.3 is 0 Å². The van der Waals surface area contributed by atoms with Gasteiger partial charge in [-0.2, -0.15) is 0 Å². The Balaban J connectivity index is 1.90. The molecule has 54 valence electrons. The van der Waals surface area contributed by atoms with Crippen LogP contribution in [0.1, 0.15) is 19.3 Å². The summed E-state index contributed by atoms with van der Waals surface area (Å²) in [6.45, 7) is 0. The van der Waals surface area contributed by atoms with E-state index in [9.17, 15) is 0 Å². The van der Waals surface area contributed by atoms with Crippen molar-refractivity contribution in [1.29, 1.82) is 0 Å². The van der Waals surface area contributed by atoms with Gasteiger partial charge in [-0.15, -0.1) is 0 Å². The molecule has 0 amide bonds. The largest absolute Gasteiger partial charge is 0.467 e. The van der Waals surface area contributed by atoms with Crippen molar-refractivity contribution in [2.75, 3.05) is 0 Å². The van der Waals surface area contributed by atoms with Crippen LogP contribution in [-0.2, 0) is 0 Å². The summed E-state index contributed by atoms with van der Waals surface area (Å²) in [7, 11) is 0. The van der Waals surface area contributed by atoms with Crippen molar-refractivity contribution in [3.05, 3.63) is 11.6 Å². The Hall–Kier alpha value is -0.570. The van der Waals surface area contributed by atoms with E-state index in [1.807, 2.05) is 5.38 Å². The van der Waals surface area contributed by atoms with Crippen LogP contribution in [0.2, 0.25) is 0 Å². The molecule has 1 aromatic rings. The first-order valence-corrected chi connectivity index (χ1v) is 4.39. The molecule has 2 nitrogen and oxygen atoms in total. The maximum Gasteiger partial charge on any atom is 0.273 e. The first kappa shape index (κ1) is 6.16. The molecule has 0 N–H and O–H groups in total. The summed E-state index contributed by atoms with van der Waals surface area (Å²) in [4.78, 5) is 4.03. The van der Waals surface area contributed by atoms with E-state index in [0.717, 1.165) is 5.19 Å². The van der Waals surface area contributed by atoms with Crippen molar-refractivity contribution < 1.29 is 4.74 Å². The van der Waals surface area contributed by atoms with Gasteiger partial charge < -0.3 is 4.74 Å². The third-order valence-corrected chi connectivity index (χ3v) is 2.39. The number of nitrogens with zero attached hydrogens (tertiary/aromatic N) is 1. The van der Waals surface area contributed by atoms with Gasteiger partial charge in [0.25, 0.3) is 5.19 Å². The molecule has 1 fully saturated rings. The molecule has 0 unspecified atom stereocenters. The van der Waals surface area contributed by atoms with Crippen LogP contribution < -0.4 is 4.74 Å². The topological polar surface area (TPSA) is 22.1 Å². The molecular formula is C7H9NOS. The second kappa shape index (κ2) is 2.58. The van der Waals surface area contributed by atoms with E-state index < -0.39 is 0 Å². The molecule has 0 radical (unpaired) electrons. The Bertz CT molecular complexity index is 193. The lowest BCUT2D eigenvalue weighted by atomic mass is 9.96. The molecule has 0 spiro atoms. The fourth-order valence-corrected chi connectivity index (χ4v) is 1.45. The third-order valence-electron chi connectivity index (χ3n) is 1.73. The fraction of sp³-hybridized carbons (Fsp3) is 0.571. The minimum atomic E-state index is 0.464. The lowest BCUT2D eigenvalue weighted by Crippen LogP contribution is -2.24. The fourth-order valence-electron chi connectivity index (χ4n) is 0.900. The molecular weight excluding hydrogens is 146 g/mol. The zero-order valence-corrected chi connectivity index (χ0v) is 6.43. The summed E-state index contributed by atoms with van der Waals surface area (Å²) in [5.74, 6) is 0. The number of thiazole rings is 1. The number of aromatic nitrogens is 1.